The fourth-order valence-electron chi connectivity index (χ4n) is 2.90. The van der Waals surface area contributed by atoms with Crippen molar-refractivity contribution in [1.82, 2.24) is 19.7 Å². The molecule has 31 heavy (non-hydrogen) atoms. The van der Waals surface area contributed by atoms with Gasteiger partial charge in [-0.2, -0.15) is 0 Å². The van der Waals surface area contributed by atoms with Crippen LogP contribution in [-0.2, 0) is 22.7 Å². The molecule has 2 aromatic heterocycles. The maximum atomic E-state index is 12.2. The van der Waals surface area contributed by atoms with Crippen LogP contribution in [0.3, 0.4) is 0 Å². The Balaban J connectivity index is 1.33. The molecule has 0 radical (unpaired) electrons. The van der Waals surface area contributed by atoms with E-state index in [0.717, 1.165) is 27.7 Å². The van der Waals surface area contributed by atoms with Gasteiger partial charge < -0.3 is 9.30 Å². The summed E-state index contributed by atoms with van der Waals surface area (Å²) in [7, 11) is 0. The second kappa shape index (κ2) is 10.1. The molecule has 0 aliphatic carbocycles. The number of nitrogens with zero attached hydrogens (tertiary/aromatic N) is 4. The van der Waals surface area contributed by atoms with E-state index in [4.69, 9.17) is 16.3 Å². The fraction of sp³-hybridized carbons (Fsp3) is 0.182. The number of ether oxygens (including phenoxy) is 1. The lowest BCUT2D eigenvalue weighted by Crippen LogP contribution is -2.09. The van der Waals surface area contributed by atoms with Crippen LogP contribution < -0.4 is 0 Å². The van der Waals surface area contributed by atoms with Gasteiger partial charge in [0, 0.05) is 28.1 Å². The summed E-state index contributed by atoms with van der Waals surface area (Å²) in [6.45, 7) is 2.85. The van der Waals surface area contributed by atoms with Gasteiger partial charge in [0.2, 0.25) is 0 Å². The largest absolute Gasteiger partial charge is 0.459 e. The molecule has 158 valence electrons. The van der Waals surface area contributed by atoms with Gasteiger partial charge in [-0.15, -0.1) is 21.5 Å². The van der Waals surface area contributed by atoms with Gasteiger partial charge in [-0.05, 0) is 31.2 Å². The van der Waals surface area contributed by atoms with E-state index < -0.39 is 0 Å². The van der Waals surface area contributed by atoms with Gasteiger partial charge in [-0.25, -0.2) is 4.98 Å². The minimum Gasteiger partial charge on any atom is -0.459 e. The number of benzene rings is 2. The molecular formula is C22H19ClN4O2S2. The number of carbonyl (C=O) groups is 1. The van der Waals surface area contributed by atoms with Crippen molar-refractivity contribution in [2.45, 2.75) is 25.2 Å². The molecule has 0 unspecified atom stereocenters. The summed E-state index contributed by atoms with van der Waals surface area (Å²) in [5.41, 5.74) is 2.71. The van der Waals surface area contributed by atoms with Crippen molar-refractivity contribution in [2.24, 2.45) is 0 Å². The first-order chi connectivity index (χ1) is 15.1. The number of esters is 1. The van der Waals surface area contributed by atoms with Crippen molar-refractivity contribution in [3.05, 3.63) is 70.7 Å². The Hall–Kier alpha value is -2.68. The Morgan fingerprint density at radius 2 is 1.87 bits per heavy atom. The first kappa shape index (κ1) is 21.5. The molecular weight excluding hydrogens is 452 g/mol. The summed E-state index contributed by atoms with van der Waals surface area (Å²) in [4.78, 5) is 16.8. The monoisotopic (exact) mass is 470 g/mol. The third-order valence-electron chi connectivity index (χ3n) is 4.41. The van der Waals surface area contributed by atoms with Crippen molar-refractivity contribution in [2.75, 3.05) is 5.75 Å². The molecule has 0 fully saturated rings. The maximum Gasteiger partial charge on any atom is 0.316 e. The average Bonchev–Trinajstić information content (AvgIpc) is 3.44. The third-order valence-corrected chi connectivity index (χ3v) is 6.54. The van der Waals surface area contributed by atoms with Crippen molar-refractivity contribution in [3.63, 3.8) is 0 Å². The van der Waals surface area contributed by atoms with Crippen molar-refractivity contribution in [3.8, 4) is 22.0 Å². The highest BCUT2D eigenvalue weighted by Gasteiger charge is 2.15. The van der Waals surface area contributed by atoms with Crippen LogP contribution in [0.5, 0.6) is 0 Å². The molecule has 0 aliphatic rings. The fourth-order valence-corrected chi connectivity index (χ4v) is 4.64. The van der Waals surface area contributed by atoms with E-state index in [1.54, 1.807) is 0 Å². The lowest BCUT2D eigenvalue weighted by atomic mass is 10.2. The highest BCUT2D eigenvalue weighted by Crippen LogP contribution is 2.26. The van der Waals surface area contributed by atoms with E-state index in [9.17, 15) is 4.79 Å². The molecule has 0 saturated heterocycles. The Morgan fingerprint density at radius 1 is 1.10 bits per heavy atom. The SMILES string of the molecule is CCn1c(SCC(=O)OCc2csc(-c3ccccc3)n2)nnc1-c1ccc(Cl)cc1. The first-order valence-corrected chi connectivity index (χ1v) is 11.9. The molecule has 0 spiro atoms. The Morgan fingerprint density at radius 3 is 2.61 bits per heavy atom. The second-order valence-electron chi connectivity index (χ2n) is 6.52. The lowest BCUT2D eigenvalue weighted by Gasteiger charge is -2.07. The van der Waals surface area contributed by atoms with Crippen LogP contribution in [0.15, 0.2) is 65.1 Å². The van der Waals surface area contributed by atoms with Crippen LogP contribution in [0.4, 0.5) is 0 Å². The minimum absolute atomic E-state index is 0.147. The summed E-state index contributed by atoms with van der Waals surface area (Å²) in [6.07, 6.45) is 0. The maximum absolute atomic E-state index is 12.2. The molecule has 9 heteroatoms. The summed E-state index contributed by atoms with van der Waals surface area (Å²) < 4.78 is 7.36. The van der Waals surface area contributed by atoms with Gasteiger partial charge in [0.05, 0.1) is 11.4 Å². The molecule has 0 saturated carbocycles. The van der Waals surface area contributed by atoms with Crippen molar-refractivity contribution in [1.29, 1.82) is 0 Å². The number of carbonyl (C=O) groups excluding carboxylic acids is 1. The van der Waals surface area contributed by atoms with Crippen LogP contribution >= 0.6 is 34.7 Å². The second-order valence-corrected chi connectivity index (χ2v) is 8.75. The third kappa shape index (κ3) is 5.33. The Kier molecular flexibility index (Phi) is 7.01. The van der Waals surface area contributed by atoms with Gasteiger partial charge in [-0.1, -0.05) is 53.7 Å². The summed E-state index contributed by atoms with van der Waals surface area (Å²) in [5, 5.41) is 12.7. The molecule has 4 rings (SSSR count). The lowest BCUT2D eigenvalue weighted by molar-refractivity contribution is -0.141. The van der Waals surface area contributed by atoms with Gasteiger partial charge in [0.25, 0.3) is 0 Å². The van der Waals surface area contributed by atoms with E-state index in [1.165, 1.54) is 23.1 Å². The number of rotatable bonds is 8. The molecule has 2 heterocycles. The van der Waals surface area contributed by atoms with E-state index in [1.807, 2.05) is 71.5 Å². The van der Waals surface area contributed by atoms with Crippen molar-refractivity contribution >= 4 is 40.7 Å². The highest BCUT2D eigenvalue weighted by atomic mass is 35.5. The first-order valence-electron chi connectivity index (χ1n) is 9.61. The van der Waals surface area contributed by atoms with Crippen LogP contribution in [0, 0.1) is 0 Å². The zero-order valence-electron chi connectivity index (χ0n) is 16.7. The molecule has 0 aliphatic heterocycles. The number of halogens is 1. The molecule has 4 aromatic rings. The molecule has 6 nitrogen and oxygen atoms in total. The van der Waals surface area contributed by atoms with E-state index in [0.29, 0.717) is 16.7 Å². The smallest absolute Gasteiger partial charge is 0.316 e. The molecule has 2 aromatic carbocycles. The Labute approximate surface area is 193 Å². The molecule has 0 amide bonds. The number of thioether (sulfide) groups is 1. The van der Waals surface area contributed by atoms with Gasteiger partial charge >= 0.3 is 5.97 Å². The average molecular weight is 471 g/mol. The molecule has 0 atom stereocenters. The van der Waals surface area contributed by atoms with E-state index in [2.05, 4.69) is 15.2 Å². The summed E-state index contributed by atoms with van der Waals surface area (Å²) in [5.74, 6) is 0.568. The molecule has 0 bridgehead atoms. The zero-order chi connectivity index (χ0) is 21.6. The minimum atomic E-state index is -0.321. The molecule has 0 N–H and O–H groups in total. The number of hydrogen-bond acceptors (Lipinski definition) is 7. The standard InChI is InChI=1S/C22H19ClN4O2S2/c1-2-27-20(15-8-10-17(23)11-9-15)25-26-22(27)31-14-19(28)29-12-18-13-30-21(24-18)16-6-4-3-5-7-16/h3-11,13H,2,12,14H2,1H3. The number of hydrogen-bond donors (Lipinski definition) is 0. The quantitative estimate of drug-likeness (QED) is 0.247. The number of aromatic nitrogens is 4. The van der Waals surface area contributed by atoms with Gasteiger partial charge in [0.1, 0.15) is 11.6 Å². The highest BCUT2D eigenvalue weighted by molar-refractivity contribution is 7.99. The van der Waals surface area contributed by atoms with E-state index in [-0.39, 0.29) is 18.3 Å². The van der Waals surface area contributed by atoms with Crippen LogP contribution in [0.25, 0.3) is 22.0 Å². The van der Waals surface area contributed by atoms with Crippen LogP contribution in [0.2, 0.25) is 5.02 Å². The zero-order valence-corrected chi connectivity index (χ0v) is 19.1. The topological polar surface area (TPSA) is 69.9 Å². The predicted molar refractivity (Wildman–Crippen MR) is 124 cm³/mol. The van der Waals surface area contributed by atoms with E-state index >= 15 is 0 Å². The Bertz CT molecular complexity index is 1160. The van der Waals surface area contributed by atoms with Gasteiger partial charge in [0.15, 0.2) is 11.0 Å². The van der Waals surface area contributed by atoms with Crippen LogP contribution in [0.1, 0.15) is 12.6 Å². The van der Waals surface area contributed by atoms with Crippen molar-refractivity contribution < 1.29 is 9.53 Å². The van der Waals surface area contributed by atoms with Crippen LogP contribution in [-0.4, -0.2) is 31.5 Å². The normalized spacial score (nSPS) is 10.9. The van der Waals surface area contributed by atoms with Gasteiger partial charge in [-0.3, -0.25) is 4.79 Å². The summed E-state index contributed by atoms with van der Waals surface area (Å²) in [6, 6.07) is 17.4. The predicted octanol–water partition coefficient (Wildman–Crippen LogP) is 5.58. The number of thiazole rings is 1. The summed E-state index contributed by atoms with van der Waals surface area (Å²) >= 11 is 8.81.